The number of anilines is 3. The number of rotatable bonds is 11. The molecule has 45 heavy (non-hydrogen) atoms. The van der Waals surface area contributed by atoms with Crippen molar-refractivity contribution in [2.24, 2.45) is 0 Å². The van der Waals surface area contributed by atoms with E-state index < -0.39 is 23.6 Å². The second-order valence-corrected chi connectivity index (χ2v) is 10.1. The zero-order chi connectivity index (χ0) is 31.9. The summed E-state index contributed by atoms with van der Waals surface area (Å²) in [6.45, 7) is 0. The van der Waals surface area contributed by atoms with Crippen molar-refractivity contribution in [1.82, 2.24) is 4.98 Å². The Morgan fingerprint density at radius 1 is 0.778 bits per heavy atom. The van der Waals surface area contributed by atoms with Crippen molar-refractivity contribution < 1.29 is 29.0 Å². The highest BCUT2D eigenvalue weighted by molar-refractivity contribution is 6.14. The fraction of sp³-hybridized carbons (Fsp3) is 0.111. The minimum atomic E-state index is -1.53. The Bertz CT molecular complexity index is 1830. The predicted molar refractivity (Wildman–Crippen MR) is 172 cm³/mol. The van der Waals surface area contributed by atoms with Crippen molar-refractivity contribution in [3.8, 4) is 11.5 Å². The number of Topliss-reactive ketones (excluding diaryl/α,β-unsaturated/α-hetero) is 1. The second-order valence-electron chi connectivity index (χ2n) is 10.1. The fourth-order valence-corrected chi connectivity index (χ4v) is 4.78. The summed E-state index contributed by atoms with van der Waals surface area (Å²) >= 11 is 0. The van der Waals surface area contributed by atoms with E-state index in [0.717, 1.165) is 11.4 Å². The molecule has 0 aliphatic heterocycles. The van der Waals surface area contributed by atoms with E-state index in [1.807, 2.05) is 42.3 Å². The van der Waals surface area contributed by atoms with Gasteiger partial charge in [0.05, 0.1) is 37.4 Å². The van der Waals surface area contributed by atoms with Crippen molar-refractivity contribution in [2.45, 2.75) is 6.10 Å². The van der Waals surface area contributed by atoms with E-state index in [1.165, 1.54) is 38.5 Å². The normalized spacial score (nSPS) is 11.3. The van der Waals surface area contributed by atoms with Gasteiger partial charge in [-0.15, -0.1) is 0 Å². The molecule has 4 aromatic carbocycles. The Morgan fingerprint density at radius 3 is 2.13 bits per heavy atom. The van der Waals surface area contributed by atoms with Gasteiger partial charge in [-0.05, 0) is 60.2 Å². The standard InChI is InChI=1S/C36H31N3O6/c1-39(25-12-8-5-9-13-25)26-15-19-31(37-22-26)33(40)24-14-18-30(29(20-24)35(42)34(41)23-10-6-4-7-11-23)38-36(43)28-17-16-27(44-2)21-32(28)45-3/h4-22,34,41H,1-3H3,(H,38,43). The summed E-state index contributed by atoms with van der Waals surface area (Å²) in [6, 6.07) is 30.6. The maximum atomic E-state index is 13.7. The number of para-hydroxylation sites is 1. The summed E-state index contributed by atoms with van der Waals surface area (Å²) < 4.78 is 10.6. The molecule has 0 fully saturated rings. The van der Waals surface area contributed by atoms with E-state index in [2.05, 4.69) is 10.3 Å². The van der Waals surface area contributed by atoms with Crippen LogP contribution < -0.4 is 19.7 Å². The predicted octanol–water partition coefficient (Wildman–Crippen LogP) is 6.27. The van der Waals surface area contributed by atoms with Crippen LogP contribution in [0.1, 0.15) is 48.4 Å². The van der Waals surface area contributed by atoms with Crippen molar-refractivity contribution in [3.63, 3.8) is 0 Å². The Kier molecular flexibility index (Phi) is 9.31. The van der Waals surface area contributed by atoms with Gasteiger partial charge in [-0.25, -0.2) is 0 Å². The van der Waals surface area contributed by atoms with E-state index in [9.17, 15) is 19.5 Å². The monoisotopic (exact) mass is 601 g/mol. The lowest BCUT2D eigenvalue weighted by molar-refractivity contribution is 0.0748. The molecule has 0 radical (unpaired) electrons. The number of pyridine rings is 1. The van der Waals surface area contributed by atoms with Crippen LogP contribution in [0.15, 0.2) is 115 Å². The molecule has 0 saturated carbocycles. The molecule has 1 unspecified atom stereocenters. The molecule has 9 nitrogen and oxygen atoms in total. The number of hydrogen-bond acceptors (Lipinski definition) is 8. The second kappa shape index (κ2) is 13.7. The van der Waals surface area contributed by atoms with Crippen LogP contribution in [-0.2, 0) is 0 Å². The number of carbonyl (C=O) groups excluding carboxylic acids is 3. The summed E-state index contributed by atoms with van der Waals surface area (Å²) in [4.78, 5) is 46.9. The number of ketones is 2. The Balaban J connectivity index is 1.47. The Morgan fingerprint density at radius 2 is 1.49 bits per heavy atom. The first-order chi connectivity index (χ1) is 21.8. The molecule has 9 heteroatoms. The van der Waals surface area contributed by atoms with Crippen LogP contribution >= 0.6 is 0 Å². The highest BCUT2D eigenvalue weighted by Crippen LogP contribution is 2.30. The summed E-state index contributed by atoms with van der Waals surface area (Å²) in [5, 5.41) is 13.7. The van der Waals surface area contributed by atoms with Crippen LogP contribution in [0.3, 0.4) is 0 Å². The third-order valence-electron chi connectivity index (χ3n) is 7.32. The molecule has 1 heterocycles. The number of carbonyl (C=O) groups is 3. The number of amides is 1. The van der Waals surface area contributed by atoms with Crippen molar-refractivity contribution in [1.29, 1.82) is 0 Å². The third kappa shape index (κ3) is 6.74. The molecule has 1 amide bonds. The first-order valence-corrected chi connectivity index (χ1v) is 14.0. The molecule has 0 saturated heterocycles. The van der Waals surface area contributed by atoms with E-state index >= 15 is 0 Å². The highest BCUT2D eigenvalue weighted by atomic mass is 16.5. The zero-order valence-corrected chi connectivity index (χ0v) is 24.9. The van der Waals surface area contributed by atoms with Gasteiger partial charge < -0.3 is 24.8 Å². The minimum Gasteiger partial charge on any atom is -0.497 e. The number of benzene rings is 4. The number of nitrogens with zero attached hydrogens (tertiary/aromatic N) is 2. The van der Waals surface area contributed by atoms with E-state index in [4.69, 9.17) is 9.47 Å². The third-order valence-corrected chi connectivity index (χ3v) is 7.32. The number of methoxy groups -OCH3 is 2. The van der Waals surface area contributed by atoms with Gasteiger partial charge in [-0.3, -0.25) is 19.4 Å². The van der Waals surface area contributed by atoms with Crippen LogP contribution in [0.4, 0.5) is 17.1 Å². The number of hydrogen-bond donors (Lipinski definition) is 2. The van der Waals surface area contributed by atoms with Gasteiger partial charge in [0.15, 0.2) is 5.78 Å². The fourth-order valence-electron chi connectivity index (χ4n) is 4.78. The van der Waals surface area contributed by atoms with E-state index in [0.29, 0.717) is 11.3 Å². The average Bonchev–Trinajstić information content (AvgIpc) is 3.11. The van der Waals surface area contributed by atoms with Gasteiger partial charge in [0, 0.05) is 29.9 Å². The lowest BCUT2D eigenvalue weighted by Crippen LogP contribution is -2.19. The van der Waals surface area contributed by atoms with Crippen LogP contribution in [0.5, 0.6) is 11.5 Å². The van der Waals surface area contributed by atoms with Gasteiger partial charge in [-0.1, -0.05) is 48.5 Å². The summed E-state index contributed by atoms with van der Waals surface area (Å²) in [5.41, 5.74) is 2.71. The first kappa shape index (κ1) is 30.7. The zero-order valence-electron chi connectivity index (χ0n) is 24.9. The number of aliphatic hydroxyl groups excluding tert-OH is 1. The van der Waals surface area contributed by atoms with Gasteiger partial charge in [0.2, 0.25) is 5.78 Å². The molecular formula is C36H31N3O6. The molecule has 0 aliphatic carbocycles. The van der Waals surface area contributed by atoms with Gasteiger partial charge in [0.25, 0.3) is 5.91 Å². The molecule has 5 rings (SSSR count). The highest BCUT2D eigenvalue weighted by Gasteiger charge is 2.25. The summed E-state index contributed by atoms with van der Waals surface area (Å²) in [7, 11) is 4.83. The molecule has 1 aromatic heterocycles. The van der Waals surface area contributed by atoms with Crippen molar-refractivity contribution in [3.05, 3.63) is 143 Å². The molecule has 5 aromatic rings. The maximum absolute atomic E-state index is 13.7. The van der Waals surface area contributed by atoms with Crippen LogP contribution in [-0.4, -0.2) is 48.8 Å². The van der Waals surface area contributed by atoms with E-state index in [-0.39, 0.29) is 33.8 Å². The number of aromatic nitrogens is 1. The molecule has 0 bridgehead atoms. The number of nitrogens with one attached hydrogen (secondary N) is 1. The number of aliphatic hydroxyl groups is 1. The average molecular weight is 602 g/mol. The van der Waals surface area contributed by atoms with Crippen LogP contribution in [0.25, 0.3) is 0 Å². The molecule has 226 valence electrons. The lowest BCUT2D eigenvalue weighted by Gasteiger charge is -2.19. The molecule has 0 aliphatic rings. The molecule has 2 N–H and O–H groups in total. The molecule has 0 spiro atoms. The lowest BCUT2D eigenvalue weighted by atomic mass is 9.95. The van der Waals surface area contributed by atoms with Crippen molar-refractivity contribution in [2.75, 3.05) is 31.5 Å². The quantitative estimate of drug-likeness (QED) is 0.170. The smallest absolute Gasteiger partial charge is 0.259 e. The van der Waals surface area contributed by atoms with Gasteiger partial charge in [-0.2, -0.15) is 0 Å². The summed E-state index contributed by atoms with van der Waals surface area (Å²) in [6.07, 6.45) is 0.0658. The summed E-state index contributed by atoms with van der Waals surface area (Å²) in [5.74, 6) is -0.913. The molecule has 1 atom stereocenters. The number of ether oxygens (including phenoxy) is 2. The minimum absolute atomic E-state index is 0.0431. The largest absolute Gasteiger partial charge is 0.497 e. The SMILES string of the molecule is COc1ccc(C(=O)Nc2ccc(C(=O)c3ccc(N(C)c4ccccc4)cn3)cc2C(=O)C(O)c2ccccc2)c(OC)c1. The maximum Gasteiger partial charge on any atom is 0.259 e. The van der Waals surface area contributed by atoms with Crippen molar-refractivity contribution >= 4 is 34.5 Å². The van der Waals surface area contributed by atoms with Crippen LogP contribution in [0.2, 0.25) is 0 Å². The topological polar surface area (TPSA) is 118 Å². The Labute approximate surface area is 260 Å². The van der Waals surface area contributed by atoms with E-state index in [1.54, 1.807) is 60.8 Å². The van der Waals surface area contributed by atoms with Gasteiger partial charge in [0.1, 0.15) is 23.3 Å². The Hall–Kier alpha value is -5.80. The van der Waals surface area contributed by atoms with Gasteiger partial charge >= 0.3 is 0 Å². The van der Waals surface area contributed by atoms with Crippen LogP contribution in [0, 0.1) is 0 Å². The first-order valence-electron chi connectivity index (χ1n) is 14.0. The molecular weight excluding hydrogens is 570 g/mol.